The monoisotopic (exact) mass is 395 g/mol. The molecule has 144 valence electrons. The molecule has 2 N–H and O–H groups in total. The van der Waals surface area contributed by atoms with Crippen molar-refractivity contribution in [3.8, 4) is 16.8 Å². The van der Waals surface area contributed by atoms with Crippen LogP contribution in [0.5, 0.6) is 0 Å². The van der Waals surface area contributed by atoms with E-state index in [1.54, 1.807) is 29.9 Å². The van der Waals surface area contributed by atoms with Crippen LogP contribution in [0.2, 0.25) is 0 Å². The summed E-state index contributed by atoms with van der Waals surface area (Å²) >= 11 is 1.35. The van der Waals surface area contributed by atoms with Crippen LogP contribution in [-0.4, -0.2) is 34.1 Å². The summed E-state index contributed by atoms with van der Waals surface area (Å²) in [7, 11) is 1.82. The summed E-state index contributed by atoms with van der Waals surface area (Å²) in [6, 6.07) is 7.03. The number of hydrogen-bond acceptors (Lipinski definition) is 7. The second kappa shape index (κ2) is 9.35. The third kappa shape index (κ3) is 4.50. The lowest BCUT2D eigenvalue weighted by Crippen LogP contribution is -2.15. The molecule has 1 fully saturated rings. The van der Waals surface area contributed by atoms with Gasteiger partial charge in [0, 0.05) is 18.7 Å². The fourth-order valence-electron chi connectivity index (χ4n) is 3.17. The number of nitrogens with zero attached hydrogens (tertiary/aromatic N) is 4. The van der Waals surface area contributed by atoms with Crippen LogP contribution in [0.15, 0.2) is 29.9 Å². The number of nitrogens with two attached hydrogens (primary N) is 1. The Labute approximate surface area is 167 Å². The van der Waals surface area contributed by atoms with Crippen molar-refractivity contribution in [2.24, 2.45) is 5.73 Å². The smallest absolute Gasteiger partial charge is 0.268 e. The fraction of sp³-hybridized carbons (Fsp3) is 0.350. The number of thiazole rings is 1. The van der Waals surface area contributed by atoms with Gasteiger partial charge in [-0.3, -0.25) is 9.78 Å². The number of amides is 1. The molecule has 0 spiro atoms. The lowest BCUT2D eigenvalue weighted by molar-refractivity contribution is 0.0710. The maximum atomic E-state index is 11.6. The van der Waals surface area contributed by atoms with Crippen molar-refractivity contribution < 1.29 is 9.53 Å². The molecule has 7 nitrogen and oxygen atoms in total. The van der Waals surface area contributed by atoms with Gasteiger partial charge in [0.05, 0.1) is 27.6 Å². The van der Waals surface area contributed by atoms with Crippen molar-refractivity contribution >= 4 is 28.1 Å². The first kappa shape index (κ1) is 19.9. The summed E-state index contributed by atoms with van der Waals surface area (Å²) < 4.78 is 5.19. The highest BCUT2D eigenvalue weighted by Crippen LogP contribution is 2.25. The maximum absolute atomic E-state index is 11.6. The van der Waals surface area contributed by atoms with E-state index in [-0.39, 0.29) is 5.69 Å². The Morgan fingerprint density at radius 2 is 2.07 bits per heavy atom. The summed E-state index contributed by atoms with van der Waals surface area (Å²) in [4.78, 5) is 24.8. The van der Waals surface area contributed by atoms with Gasteiger partial charge in [0.25, 0.3) is 5.91 Å². The van der Waals surface area contributed by atoms with Crippen molar-refractivity contribution in [1.82, 2.24) is 15.0 Å². The molecule has 1 aromatic carbocycles. The van der Waals surface area contributed by atoms with E-state index in [4.69, 9.17) is 15.7 Å². The number of hydrogen-bond donors (Lipinski definition) is 1. The minimum atomic E-state index is -0.654. The van der Waals surface area contributed by atoms with Crippen molar-refractivity contribution in [1.29, 1.82) is 5.26 Å². The van der Waals surface area contributed by atoms with Crippen LogP contribution in [0.3, 0.4) is 0 Å². The Morgan fingerprint density at radius 1 is 1.29 bits per heavy atom. The standard InChI is InChI=1S/C13H7N5OS.C7H14O/c14-4-7-2-1-3-8-10(7)17-13(9-5-16-6-20-9)18-11(8)12(15)19;1-8-7-5-3-2-4-6-7/h1-3,5-6H,(H2,15,19);7H,2-6H2,1H3. The van der Waals surface area contributed by atoms with Crippen LogP contribution < -0.4 is 5.73 Å². The van der Waals surface area contributed by atoms with Gasteiger partial charge in [-0.2, -0.15) is 5.26 Å². The fourth-order valence-corrected chi connectivity index (χ4v) is 3.72. The molecule has 0 saturated heterocycles. The van der Waals surface area contributed by atoms with E-state index in [0.717, 1.165) is 0 Å². The topological polar surface area (TPSA) is 115 Å². The number of primary amides is 1. The molecule has 0 atom stereocenters. The Bertz CT molecular complexity index is 992. The van der Waals surface area contributed by atoms with Crippen molar-refractivity contribution in [3.63, 3.8) is 0 Å². The summed E-state index contributed by atoms with van der Waals surface area (Å²) in [5.74, 6) is -0.310. The molecule has 3 aromatic rings. The van der Waals surface area contributed by atoms with E-state index in [2.05, 4.69) is 21.0 Å². The molecule has 28 heavy (non-hydrogen) atoms. The van der Waals surface area contributed by atoms with Gasteiger partial charge in [0.2, 0.25) is 0 Å². The highest BCUT2D eigenvalue weighted by atomic mass is 32.1. The van der Waals surface area contributed by atoms with Crippen LogP contribution in [0.1, 0.15) is 48.2 Å². The average Bonchev–Trinajstić information content (AvgIpc) is 3.28. The lowest BCUT2D eigenvalue weighted by atomic mass is 9.98. The van der Waals surface area contributed by atoms with E-state index in [1.807, 2.05) is 7.11 Å². The van der Waals surface area contributed by atoms with Crippen molar-refractivity contribution in [2.75, 3.05) is 7.11 Å². The third-order valence-electron chi connectivity index (χ3n) is 4.62. The molecule has 4 rings (SSSR count). The van der Waals surface area contributed by atoms with Gasteiger partial charge >= 0.3 is 0 Å². The molecule has 2 aromatic heterocycles. The zero-order valence-corrected chi connectivity index (χ0v) is 16.4. The number of aromatic nitrogens is 3. The summed E-state index contributed by atoms with van der Waals surface area (Å²) in [6.07, 6.45) is 8.93. The molecule has 1 aliphatic rings. The third-order valence-corrected chi connectivity index (χ3v) is 5.39. The van der Waals surface area contributed by atoms with E-state index in [0.29, 0.717) is 33.3 Å². The Balaban J connectivity index is 0.000000236. The normalized spacial score (nSPS) is 14.1. The molecular formula is C20H21N5O2S. The van der Waals surface area contributed by atoms with Gasteiger partial charge in [-0.1, -0.05) is 31.4 Å². The number of methoxy groups -OCH3 is 1. The summed E-state index contributed by atoms with van der Waals surface area (Å²) in [6.45, 7) is 0. The minimum absolute atomic E-state index is 0.107. The highest BCUT2D eigenvalue weighted by molar-refractivity contribution is 7.13. The predicted octanol–water partition coefficient (Wildman–Crippen LogP) is 3.69. The van der Waals surface area contributed by atoms with Gasteiger partial charge in [-0.05, 0) is 18.9 Å². The number of nitriles is 1. The average molecular weight is 395 g/mol. The van der Waals surface area contributed by atoms with Crippen LogP contribution in [0.25, 0.3) is 21.6 Å². The van der Waals surface area contributed by atoms with E-state index >= 15 is 0 Å². The summed E-state index contributed by atoms with van der Waals surface area (Å²) in [5.41, 5.74) is 7.91. The van der Waals surface area contributed by atoms with Crippen LogP contribution >= 0.6 is 11.3 Å². The lowest BCUT2D eigenvalue weighted by Gasteiger charge is -2.19. The first-order chi connectivity index (χ1) is 13.6. The molecule has 8 heteroatoms. The Morgan fingerprint density at radius 3 is 2.64 bits per heavy atom. The first-order valence-corrected chi connectivity index (χ1v) is 9.94. The number of rotatable bonds is 3. The molecule has 2 heterocycles. The zero-order valence-electron chi connectivity index (χ0n) is 15.6. The number of ether oxygens (including phenoxy) is 1. The molecule has 0 radical (unpaired) electrons. The quantitative estimate of drug-likeness (QED) is 0.723. The van der Waals surface area contributed by atoms with Crippen LogP contribution in [-0.2, 0) is 4.74 Å². The number of para-hydroxylation sites is 1. The van der Waals surface area contributed by atoms with E-state index < -0.39 is 5.91 Å². The minimum Gasteiger partial charge on any atom is -0.381 e. The van der Waals surface area contributed by atoms with Gasteiger partial charge in [0.1, 0.15) is 11.8 Å². The molecule has 0 bridgehead atoms. The van der Waals surface area contributed by atoms with E-state index in [1.165, 1.54) is 43.4 Å². The molecule has 0 unspecified atom stereocenters. The van der Waals surface area contributed by atoms with Crippen molar-refractivity contribution in [3.05, 3.63) is 41.2 Å². The second-order valence-corrected chi connectivity index (χ2v) is 7.32. The maximum Gasteiger partial charge on any atom is 0.268 e. The number of fused-ring (bicyclic) bond motifs is 1. The second-order valence-electron chi connectivity index (χ2n) is 6.44. The largest absolute Gasteiger partial charge is 0.381 e. The molecule has 0 aliphatic heterocycles. The molecule has 1 saturated carbocycles. The molecule has 1 amide bonds. The number of benzene rings is 1. The van der Waals surface area contributed by atoms with E-state index in [9.17, 15) is 4.79 Å². The number of carbonyl (C=O) groups is 1. The number of carbonyl (C=O) groups excluding carboxylic acids is 1. The van der Waals surface area contributed by atoms with Gasteiger partial charge < -0.3 is 10.5 Å². The zero-order chi connectivity index (χ0) is 19.9. The van der Waals surface area contributed by atoms with Gasteiger partial charge in [-0.25, -0.2) is 9.97 Å². The van der Waals surface area contributed by atoms with Crippen molar-refractivity contribution in [2.45, 2.75) is 38.2 Å². The SMILES string of the molecule is COC1CCCCC1.N#Cc1cccc2c(C(N)=O)nc(-c3cncs3)nc12. The molecule has 1 aliphatic carbocycles. The van der Waals surface area contributed by atoms with Crippen LogP contribution in [0.4, 0.5) is 0 Å². The predicted molar refractivity (Wildman–Crippen MR) is 108 cm³/mol. The highest BCUT2D eigenvalue weighted by Gasteiger charge is 2.16. The Hall–Kier alpha value is -2.89. The Kier molecular flexibility index (Phi) is 6.63. The van der Waals surface area contributed by atoms with Gasteiger partial charge in [-0.15, -0.1) is 11.3 Å². The summed E-state index contributed by atoms with van der Waals surface area (Å²) in [5, 5.41) is 9.63. The first-order valence-electron chi connectivity index (χ1n) is 9.06. The van der Waals surface area contributed by atoms with Gasteiger partial charge in [0.15, 0.2) is 5.82 Å². The van der Waals surface area contributed by atoms with Crippen LogP contribution in [0, 0.1) is 11.3 Å². The molecular weight excluding hydrogens is 374 g/mol.